The number of hydrogen-bond acceptors (Lipinski definition) is 3. The highest BCUT2D eigenvalue weighted by Crippen LogP contribution is 2.17. The summed E-state index contributed by atoms with van der Waals surface area (Å²) in [6.07, 6.45) is 0.292. The second kappa shape index (κ2) is 8.29. The van der Waals surface area contributed by atoms with Crippen molar-refractivity contribution in [2.45, 2.75) is 6.42 Å². The van der Waals surface area contributed by atoms with Gasteiger partial charge in [0.2, 0.25) is 5.91 Å². The van der Waals surface area contributed by atoms with Gasteiger partial charge in [-0.15, -0.1) is 0 Å². The van der Waals surface area contributed by atoms with Gasteiger partial charge in [0.15, 0.2) is 0 Å². The van der Waals surface area contributed by atoms with Crippen molar-refractivity contribution < 1.29 is 18.7 Å². The Bertz CT molecular complexity index is 805. The minimum atomic E-state index is -0.678. The SMILES string of the molecule is O=C(Nc1ccc(CC(=O)N2CCOCC2)cc1)c1ccc(Cl)cc1F. The molecule has 7 heteroatoms. The molecule has 1 saturated heterocycles. The van der Waals surface area contributed by atoms with E-state index in [9.17, 15) is 14.0 Å². The summed E-state index contributed by atoms with van der Waals surface area (Å²) in [6.45, 7) is 2.36. The fourth-order valence-electron chi connectivity index (χ4n) is 2.68. The Morgan fingerprint density at radius 1 is 1.12 bits per heavy atom. The lowest BCUT2D eigenvalue weighted by Crippen LogP contribution is -2.41. The zero-order valence-electron chi connectivity index (χ0n) is 14.0. The van der Waals surface area contributed by atoms with Crippen molar-refractivity contribution in [3.8, 4) is 0 Å². The van der Waals surface area contributed by atoms with Gasteiger partial charge in [0.25, 0.3) is 5.91 Å². The van der Waals surface area contributed by atoms with Gasteiger partial charge < -0.3 is 15.0 Å². The number of amides is 2. The molecular formula is C19H18ClFN2O3. The number of rotatable bonds is 4. The first-order valence-electron chi connectivity index (χ1n) is 8.24. The molecule has 0 atom stereocenters. The van der Waals surface area contributed by atoms with E-state index in [0.29, 0.717) is 38.4 Å². The van der Waals surface area contributed by atoms with Crippen LogP contribution >= 0.6 is 11.6 Å². The zero-order valence-corrected chi connectivity index (χ0v) is 14.8. The molecule has 2 amide bonds. The van der Waals surface area contributed by atoms with Crippen molar-refractivity contribution in [1.82, 2.24) is 4.90 Å². The molecule has 2 aromatic rings. The molecule has 0 aromatic heterocycles. The standard InChI is InChI=1S/C19H18ClFN2O3/c20-14-3-6-16(17(21)12-14)19(25)22-15-4-1-13(2-5-15)11-18(24)23-7-9-26-10-8-23/h1-6,12H,7-11H2,(H,22,25). The number of halogens is 2. The molecule has 1 aliphatic rings. The lowest BCUT2D eigenvalue weighted by atomic mass is 10.1. The third-order valence-electron chi connectivity index (χ3n) is 4.11. The van der Waals surface area contributed by atoms with E-state index in [-0.39, 0.29) is 16.5 Å². The van der Waals surface area contributed by atoms with Crippen LogP contribution in [0, 0.1) is 5.82 Å². The summed E-state index contributed by atoms with van der Waals surface area (Å²) in [5.74, 6) is -1.19. The van der Waals surface area contributed by atoms with Gasteiger partial charge in [-0.3, -0.25) is 9.59 Å². The maximum Gasteiger partial charge on any atom is 0.258 e. The summed E-state index contributed by atoms with van der Waals surface area (Å²) in [7, 11) is 0. The Hall–Kier alpha value is -2.44. The Labute approximate surface area is 155 Å². The Morgan fingerprint density at radius 2 is 1.81 bits per heavy atom. The van der Waals surface area contributed by atoms with Crippen LogP contribution in [0.5, 0.6) is 0 Å². The molecule has 0 spiro atoms. The zero-order chi connectivity index (χ0) is 18.5. The molecule has 0 bridgehead atoms. The fraction of sp³-hybridized carbons (Fsp3) is 0.263. The second-order valence-electron chi connectivity index (χ2n) is 5.95. The first kappa shape index (κ1) is 18.4. The maximum absolute atomic E-state index is 13.8. The summed E-state index contributed by atoms with van der Waals surface area (Å²) >= 11 is 5.69. The average Bonchev–Trinajstić information content (AvgIpc) is 2.64. The maximum atomic E-state index is 13.8. The van der Waals surface area contributed by atoms with E-state index in [4.69, 9.17) is 16.3 Å². The monoisotopic (exact) mass is 376 g/mol. The van der Waals surface area contributed by atoms with Crippen molar-refractivity contribution in [2.75, 3.05) is 31.6 Å². The topological polar surface area (TPSA) is 58.6 Å². The average molecular weight is 377 g/mol. The molecule has 136 valence electrons. The molecule has 3 rings (SSSR count). The molecule has 1 heterocycles. The predicted molar refractivity (Wildman–Crippen MR) is 96.9 cm³/mol. The van der Waals surface area contributed by atoms with Crippen LogP contribution < -0.4 is 5.32 Å². The molecule has 1 aliphatic heterocycles. The van der Waals surface area contributed by atoms with Crippen LogP contribution in [0.4, 0.5) is 10.1 Å². The van der Waals surface area contributed by atoms with Crippen molar-refractivity contribution in [2.24, 2.45) is 0 Å². The van der Waals surface area contributed by atoms with Gasteiger partial charge in [-0.25, -0.2) is 4.39 Å². The van der Waals surface area contributed by atoms with Crippen LogP contribution in [0.2, 0.25) is 5.02 Å². The molecular weight excluding hydrogens is 359 g/mol. The largest absolute Gasteiger partial charge is 0.378 e. The smallest absolute Gasteiger partial charge is 0.258 e. The van der Waals surface area contributed by atoms with Crippen molar-refractivity contribution in [3.05, 3.63) is 64.4 Å². The van der Waals surface area contributed by atoms with Crippen molar-refractivity contribution in [1.29, 1.82) is 0 Å². The third kappa shape index (κ3) is 4.59. The Balaban J connectivity index is 1.60. The second-order valence-corrected chi connectivity index (χ2v) is 6.38. The molecule has 0 unspecified atom stereocenters. The highest BCUT2D eigenvalue weighted by molar-refractivity contribution is 6.30. The summed E-state index contributed by atoms with van der Waals surface area (Å²) in [5, 5.41) is 2.86. The lowest BCUT2D eigenvalue weighted by Gasteiger charge is -2.26. The van der Waals surface area contributed by atoms with E-state index in [1.54, 1.807) is 29.2 Å². The predicted octanol–water partition coefficient (Wildman–Crippen LogP) is 3.13. The van der Waals surface area contributed by atoms with Crippen LogP contribution in [-0.2, 0) is 16.0 Å². The van der Waals surface area contributed by atoms with Crippen LogP contribution in [0.1, 0.15) is 15.9 Å². The van der Waals surface area contributed by atoms with Gasteiger partial charge in [-0.05, 0) is 35.9 Å². The van der Waals surface area contributed by atoms with Crippen LogP contribution in [0.3, 0.4) is 0 Å². The third-order valence-corrected chi connectivity index (χ3v) is 4.34. The Kier molecular flexibility index (Phi) is 5.85. The van der Waals surface area contributed by atoms with Gasteiger partial charge in [0.1, 0.15) is 5.82 Å². The molecule has 0 aliphatic carbocycles. The van der Waals surface area contributed by atoms with Crippen molar-refractivity contribution in [3.63, 3.8) is 0 Å². The Morgan fingerprint density at radius 3 is 2.46 bits per heavy atom. The highest BCUT2D eigenvalue weighted by Gasteiger charge is 2.17. The molecule has 1 N–H and O–H groups in total. The summed E-state index contributed by atoms with van der Waals surface area (Å²) in [5.41, 5.74) is 1.28. The van der Waals surface area contributed by atoms with E-state index in [2.05, 4.69) is 5.32 Å². The van der Waals surface area contributed by atoms with Gasteiger partial charge in [0.05, 0.1) is 25.2 Å². The van der Waals surface area contributed by atoms with E-state index in [1.807, 2.05) is 0 Å². The number of ether oxygens (including phenoxy) is 1. The van der Waals surface area contributed by atoms with E-state index < -0.39 is 11.7 Å². The fourth-order valence-corrected chi connectivity index (χ4v) is 2.84. The van der Waals surface area contributed by atoms with Gasteiger partial charge in [0, 0.05) is 23.8 Å². The first-order valence-corrected chi connectivity index (χ1v) is 8.61. The first-order chi connectivity index (χ1) is 12.5. The normalized spacial score (nSPS) is 14.2. The summed E-state index contributed by atoms with van der Waals surface area (Å²) in [6, 6.07) is 10.8. The van der Waals surface area contributed by atoms with Crippen molar-refractivity contribution >= 4 is 29.1 Å². The van der Waals surface area contributed by atoms with Gasteiger partial charge >= 0.3 is 0 Å². The number of hydrogen-bond donors (Lipinski definition) is 1. The van der Waals surface area contributed by atoms with Gasteiger partial charge in [-0.2, -0.15) is 0 Å². The van der Waals surface area contributed by atoms with Crippen LogP contribution in [0.25, 0.3) is 0 Å². The summed E-state index contributed by atoms with van der Waals surface area (Å²) in [4.78, 5) is 26.2. The molecule has 1 fully saturated rings. The molecule has 26 heavy (non-hydrogen) atoms. The number of nitrogens with one attached hydrogen (secondary N) is 1. The number of morpholine rings is 1. The van der Waals surface area contributed by atoms with Crippen LogP contribution in [0.15, 0.2) is 42.5 Å². The van der Waals surface area contributed by atoms with Gasteiger partial charge in [-0.1, -0.05) is 23.7 Å². The molecule has 0 radical (unpaired) electrons. The molecule has 0 saturated carbocycles. The number of nitrogens with zero attached hydrogens (tertiary/aromatic N) is 1. The number of carbonyl (C=O) groups is 2. The molecule has 5 nitrogen and oxygen atoms in total. The highest BCUT2D eigenvalue weighted by atomic mass is 35.5. The van der Waals surface area contributed by atoms with E-state index in [0.717, 1.165) is 11.6 Å². The van der Waals surface area contributed by atoms with Crippen LogP contribution in [-0.4, -0.2) is 43.0 Å². The number of anilines is 1. The van der Waals surface area contributed by atoms with E-state index >= 15 is 0 Å². The number of carbonyl (C=O) groups excluding carboxylic acids is 2. The van der Waals surface area contributed by atoms with E-state index in [1.165, 1.54) is 12.1 Å². The number of benzene rings is 2. The lowest BCUT2D eigenvalue weighted by molar-refractivity contribution is -0.134. The quantitative estimate of drug-likeness (QED) is 0.891. The summed E-state index contributed by atoms with van der Waals surface area (Å²) < 4.78 is 19.0. The minimum absolute atomic E-state index is 0.0494. The minimum Gasteiger partial charge on any atom is -0.378 e. The molecule has 2 aromatic carbocycles.